The zero-order valence-electron chi connectivity index (χ0n) is 13.7. The first-order valence-electron chi connectivity index (χ1n) is 7.99. The highest BCUT2D eigenvalue weighted by molar-refractivity contribution is 5.88. The summed E-state index contributed by atoms with van der Waals surface area (Å²) in [6.07, 6.45) is 0.820. The fraction of sp³-hybridized carbons (Fsp3) is 0.529. The van der Waals surface area contributed by atoms with Crippen LogP contribution in [0.1, 0.15) is 25.8 Å². The molecule has 1 aromatic carbocycles. The largest absolute Gasteiger partial charge is 0.335 e. The lowest BCUT2D eigenvalue weighted by molar-refractivity contribution is -0.147. The maximum Gasteiger partial charge on any atom is 0.242 e. The van der Waals surface area contributed by atoms with Crippen LogP contribution >= 0.6 is 0 Å². The summed E-state index contributed by atoms with van der Waals surface area (Å²) < 4.78 is 13.2. The van der Waals surface area contributed by atoms with Crippen LogP contribution in [-0.2, 0) is 16.1 Å². The van der Waals surface area contributed by atoms with Gasteiger partial charge in [-0.05, 0) is 23.6 Å². The maximum absolute atomic E-state index is 13.2. The van der Waals surface area contributed by atoms with Gasteiger partial charge in [-0.15, -0.1) is 0 Å². The Bertz CT molecular complexity index is 579. The van der Waals surface area contributed by atoms with Gasteiger partial charge in [-0.25, -0.2) is 4.39 Å². The summed E-state index contributed by atoms with van der Waals surface area (Å²) in [7, 11) is 0. The molecule has 6 heteroatoms. The van der Waals surface area contributed by atoms with E-state index in [1.54, 1.807) is 17.0 Å². The Hall–Kier alpha value is -1.95. The fourth-order valence-corrected chi connectivity index (χ4v) is 2.63. The number of hydrogen-bond donors (Lipinski definition) is 1. The van der Waals surface area contributed by atoms with Crippen molar-refractivity contribution in [3.8, 4) is 0 Å². The minimum atomic E-state index is -0.567. The summed E-state index contributed by atoms with van der Waals surface area (Å²) in [5.41, 5.74) is 6.71. The number of nitrogens with zero attached hydrogens (tertiary/aromatic N) is 2. The molecule has 1 fully saturated rings. The summed E-state index contributed by atoms with van der Waals surface area (Å²) in [5, 5.41) is 0. The number of rotatable bonds is 5. The Kier molecular flexibility index (Phi) is 5.71. The van der Waals surface area contributed by atoms with Crippen LogP contribution in [0.5, 0.6) is 0 Å². The predicted octanol–water partition coefficient (Wildman–Crippen LogP) is 1.37. The normalized spacial score (nSPS) is 18.0. The van der Waals surface area contributed by atoms with E-state index < -0.39 is 6.04 Å². The first-order chi connectivity index (χ1) is 10.9. The second-order valence-corrected chi connectivity index (χ2v) is 6.12. The van der Waals surface area contributed by atoms with E-state index in [4.69, 9.17) is 5.73 Å². The monoisotopic (exact) mass is 321 g/mol. The SMILES string of the molecule is CCC(C)C(N)C(=O)N1CCN(Cc2cccc(F)c2)C(=O)C1. The molecule has 1 aliphatic heterocycles. The van der Waals surface area contributed by atoms with Crippen LogP contribution < -0.4 is 5.73 Å². The van der Waals surface area contributed by atoms with Gasteiger partial charge in [-0.1, -0.05) is 32.4 Å². The number of nitrogens with two attached hydrogens (primary N) is 1. The molecule has 1 aromatic rings. The Morgan fingerprint density at radius 3 is 2.74 bits per heavy atom. The predicted molar refractivity (Wildman–Crippen MR) is 85.8 cm³/mol. The standard InChI is InChI=1S/C17H24FN3O2/c1-3-12(2)16(19)17(23)21-8-7-20(15(22)11-21)10-13-5-4-6-14(18)9-13/h4-6,9,12,16H,3,7-8,10-11,19H2,1-2H3. The molecule has 2 rings (SSSR count). The second-order valence-electron chi connectivity index (χ2n) is 6.12. The third-order valence-electron chi connectivity index (χ3n) is 4.43. The summed E-state index contributed by atoms with van der Waals surface area (Å²) in [4.78, 5) is 27.8. The van der Waals surface area contributed by atoms with Gasteiger partial charge >= 0.3 is 0 Å². The van der Waals surface area contributed by atoms with Crippen molar-refractivity contribution in [2.24, 2.45) is 11.7 Å². The third-order valence-corrected chi connectivity index (χ3v) is 4.43. The van der Waals surface area contributed by atoms with E-state index in [0.717, 1.165) is 12.0 Å². The topological polar surface area (TPSA) is 66.6 Å². The first-order valence-corrected chi connectivity index (χ1v) is 7.99. The van der Waals surface area contributed by atoms with Gasteiger partial charge in [0.2, 0.25) is 11.8 Å². The molecule has 5 nitrogen and oxygen atoms in total. The molecule has 0 radical (unpaired) electrons. The molecule has 0 aromatic heterocycles. The number of amides is 2. The lowest BCUT2D eigenvalue weighted by Gasteiger charge is -2.36. The van der Waals surface area contributed by atoms with Gasteiger partial charge in [0.15, 0.2) is 0 Å². The van der Waals surface area contributed by atoms with Crippen molar-refractivity contribution in [1.29, 1.82) is 0 Å². The van der Waals surface area contributed by atoms with E-state index in [1.165, 1.54) is 17.0 Å². The fourth-order valence-electron chi connectivity index (χ4n) is 2.63. The van der Waals surface area contributed by atoms with Gasteiger partial charge < -0.3 is 15.5 Å². The van der Waals surface area contributed by atoms with Crippen molar-refractivity contribution < 1.29 is 14.0 Å². The molecule has 1 saturated heterocycles. The Balaban J connectivity index is 1.94. The highest BCUT2D eigenvalue weighted by Crippen LogP contribution is 2.14. The Labute approximate surface area is 136 Å². The molecule has 1 heterocycles. The molecule has 0 bridgehead atoms. The van der Waals surface area contributed by atoms with Crippen molar-refractivity contribution in [2.45, 2.75) is 32.9 Å². The van der Waals surface area contributed by atoms with Gasteiger partial charge in [0.1, 0.15) is 5.82 Å². The minimum absolute atomic E-state index is 0.0400. The molecule has 23 heavy (non-hydrogen) atoms. The molecule has 2 amide bonds. The van der Waals surface area contributed by atoms with Crippen molar-refractivity contribution >= 4 is 11.8 Å². The molecular formula is C17H24FN3O2. The quantitative estimate of drug-likeness (QED) is 0.891. The maximum atomic E-state index is 13.2. The molecular weight excluding hydrogens is 297 g/mol. The van der Waals surface area contributed by atoms with Crippen LogP contribution in [0, 0.1) is 11.7 Å². The van der Waals surface area contributed by atoms with E-state index in [9.17, 15) is 14.0 Å². The van der Waals surface area contributed by atoms with E-state index in [0.29, 0.717) is 19.6 Å². The van der Waals surface area contributed by atoms with Crippen molar-refractivity contribution in [3.05, 3.63) is 35.6 Å². The van der Waals surface area contributed by atoms with Crippen molar-refractivity contribution in [2.75, 3.05) is 19.6 Å². The number of hydrogen-bond acceptors (Lipinski definition) is 3. The zero-order valence-corrected chi connectivity index (χ0v) is 13.7. The number of benzene rings is 1. The van der Waals surface area contributed by atoms with Crippen LogP contribution in [-0.4, -0.2) is 47.3 Å². The van der Waals surface area contributed by atoms with E-state index in [2.05, 4.69) is 0 Å². The number of piperazine rings is 1. The third kappa shape index (κ3) is 4.28. The van der Waals surface area contributed by atoms with Gasteiger partial charge in [0, 0.05) is 19.6 Å². The van der Waals surface area contributed by atoms with Crippen LogP contribution in [0.4, 0.5) is 4.39 Å². The van der Waals surface area contributed by atoms with Gasteiger partial charge in [-0.2, -0.15) is 0 Å². The van der Waals surface area contributed by atoms with Gasteiger partial charge in [0.05, 0.1) is 12.6 Å². The van der Waals surface area contributed by atoms with Gasteiger partial charge in [-0.3, -0.25) is 9.59 Å². The number of halogens is 1. The average molecular weight is 321 g/mol. The number of carbonyl (C=O) groups excluding carboxylic acids is 2. The van der Waals surface area contributed by atoms with Gasteiger partial charge in [0.25, 0.3) is 0 Å². The van der Waals surface area contributed by atoms with Crippen molar-refractivity contribution in [1.82, 2.24) is 9.80 Å². The summed E-state index contributed by atoms with van der Waals surface area (Å²) >= 11 is 0. The summed E-state index contributed by atoms with van der Waals surface area (Å²) in [6.45, 7) is 5.22. The lowest BCUT2D eigenvalue weighted by atomic mass is 9.98. The highest BCUT2D eigenvalue weighted by Gasteiger charge is 2.31. The van der Waals surface area contributed by atoms with Crippen LogP contribution in [0.2, 0.25) is 0 Å². The zero-order chi connectivity index (χ0) is 17.0. The minimum Gasteiger partial charge on any atom is -0.335 e. The average Bonchev–Trinajstić information content (AvgIpc) is 2.54. The van der Waals surface area contributed by atoms with E-state index in [1.807, 2.05) is 13.8 Å². The lowest BCUT2D eigenvalue weighted by Crippen LogP contribution is -2.56. The molecule has 2 N–H and O–H groups in total. The molecule has 2 unspecified atom stereocenters. The summed E-state index contributed by atoms with van der Waals surface area (Å²) in [5.74, 6) is -0.533. The molecule has 2 atom stereocenters. The van der Waals surface area contributed by atoms with Crippen LogP contribution in [0.25, 0.3) is 0 Å². The Morgan fingerprint density at radius 2 is 2.13 bits per heavy atom. The van der Waals surface area contributed by atoms with E-state index >= 15 is 0 Å². The van der Waals surface area contributed by atoms with Crippen LogP contribution in [0.15, 0.2) is 24.3 Å². The van der Waals surface area contributed by atoms with Crippen LogP contribution in [0.3, 0.4) is 0 Å². The highest BCUT2D eigenvalue weighted by atomic mass is 19.1. The molecule has 0 spiro atoms. The second kappa shape index (κ2) is 7.55. The first kappa shape index (κ1) is 17.4. The summed E-state index contributed by atoms with van der Waals surface area (Å²) in [6, 6.07) is 5.64. The molecule has 1 aliphatic rings. The smallest absolute Gasteiger partial charge is 0.242 e. The van der Waals surface area contributed by atoms with Crippen molar-refractivity contribution in [3.63, 3.8) is 0 Å². The molecule has 0 saturated carbocycles. The molecule has 126 valence electrons. The number of carbonyl (C=O) groups is 2. The Morgan fingerprint density at radius 1 is 1.39 bits per heavy atom. The van der Waals surface area contributed by atoms with E-state index in [-0.39, 0.29) is 30.1 Å². The molecule has 0 aliphatic carbocycles.